The van der Waals surface area contributed by atoms with Crippen LogP contribution in [0.2, 0.25) is 0 Å². The Kier molecular flexibility index (Phi) is 5.94. The number of hydrogen-bond acceptors (Lipinski definition) is 7. The molecule has 8 nitrogen and oxygen atoms in total. The number of nitrogens with zero attached hydrogens (tertiary/aromatic N) is 6. The van der Waals surface area contributed by atoms with Crippen molar-refractivity contribution in [2.75, 3.05) is 36.4 Å². The third-order valence-electron chi connectivity index (χ3n) is 5.52. The zero-order valence-corrected chi connectivity index (χ0v) is 18.1. The summed E-state index contributed by atoms with van der Waals surface area (Å²) in [7, 11) is 2.77. The molecular formula is C20H28N7OP. The van der Waals surface area contributed by atoms with E-state index in [1.807, 2.05) is 18.3 Å². The Morgan fingerprint density at radius 3 is 2.62 bits per heavy atom. The lowest BCUT2D eigenvalue weighted by molar-refractivity contribution is 0.267. The second-order valence-corrected chi connectivity index (χ2v) is 8.17. The van der Waals surface area contributed by atoms with E-state index in [1.165, 1.54) is 0 Å². The maximum absolute atomic E-state index is 9.71. The van der Waals surface area contributed by atoms with Gasteiger partial charge in [0.15, 0.2) is 0 Å². The lowest BCUT2D eigenvalue weighted by atomic mass is 10.2. The molecule has 0 aliphatic carbocycles. The smallest absolute Gasteiger partial charge is 0.230 e. The van der Waals surface area contributed by atoms with Gasteiger partial charge in [0, 0.05) is 49.5 Å². The van der Waals surface area contributed by atoms with Gasteiger partial charge in [-0.05, 0) is 31.5 Å². The minimum Gasteiger partial charge on any atom is -0.390 e. The Morgan fingerprint density at radius 2 is 1.97 bits per heavy atom. The molecule has 3 aromatic heterocycles. The van der Waals surface area contributed by atoms with E-state index in [-0.39, 0.29) is 12.6 Å². The van der Waals surface area contributed by atoms with E-state index in [4.69, 9.17) is 4.98 Å². The highest BCUT2D eigenvalue weighted by Crippen LogP contribution is 2.26. The lowest BCUT2D eigenvalue weighted by Gasteiger charge is -2.33. The standard InChI is InChI=1S/C20H28N7OP/c1-3-14(2)27-17(13-28)10-15-11-22-20(24-19(15)27)23-18-5-4-16(12-21-18)25-6-8-26(29)9-7-25/h4-5,10-12,14,28H,3,6-9,13,29H2,1-2H3,(H,21,22,23,24). The molecule has 0 amide bonds. The molecular weight excluding hydrogens is 385 g/mol. The fourth-order valence-corrected chi connectivity index (χ4v) is 3.89. The minimum absolute atomic E-state index is 0.0164. The molecule has 4 heterocycles. The van der Waals surface area contributed by atoms with Crippen molar-refractivity contribution in [3.05, 3.63) is 36.3 Å². The van der Waals surface area contributed by atoms with Crippen LogP contribution >= 0.6 is 9.39 Å². The molecule has 0 radical (unpaired) electrons. The van der Waals surface area contributed by atoms with Crippen LogP contribution in [0.5, 0.6) is 0 Å². The van der Waals surface area contributed by atoms with E-state index in [9.17, 15) is 5.11 Å². The second kappa shape index (κ2) is 8.61. The number of aliphatic hydroxyl groups is 1. The van der Waals surface area contributed by atoms with Crippen LogP contribution in [-0.4, -0.2) is 55.5 Å². The van der Waals surface area contributed by atoms with Crippen molar-refractivity contribution in [3.8, 4) is 0 Å². The number of aromatic nitrogens is 4. The molecule has 0 saturated carbocycles. The number of pyridine rings is 1. The number of aliphatic hydroxyl groups excluding tert-OH is 1. The van der Waals surface area contributed by atoms with E-state index in [1.54, 1.807) is 6.20 Å². The van der Waals surface area contributed by atoms with Gasteiger partial charge in [0.25, 0.3) is 0 Å². The average molecular weight is 413 g/mol. The summed E-state index contributed by atoms with van der Waals surface area (Å²) in [4.78, 5) is 16.0. The average Bonchev–Trinajstić information content (AvgIpc) is 3.12. The largest absolute Gasteiger partial charge is 0.390 e. The molecule has 1 aliphatic heterocycles. The monoisotopic (exact) mass is 413 g/mol. The van der Waals surface area contributed by atoms with Gasteiger partial charge in [-0.25, -0.2) is 9.97 Å². The third kappa shape index (κ3) is 4.20. The zero-order valence-electron chi connectivity index (χ0n) is 16.9. The molecule has 2 atom stereocenters. The summed E-state index contributed by atoms with van der Waals surface area (Å²) in [5.41, 5.74) is 2.81. The number of fused-ring (bicyclic) bond motifs is 1. The molecule has 0 aromatic carbocycles. The van der Waals surface area contributed by atoms with Gasteiger partial charge < -0.3 is 19.9 Å². The Balaban J connectivity index is 1.54. The number of nitrogens with one attached hydrogen (secondary N) is 1. The second-order valence-electron chi connectivity index (χ2n) is 7.44. The Morgan fingerprint density at radius 1 is 1.17 bits per heavy atom. The third-order valence-corrected chi connectivity index (χ3v) is 6.03. The van der Waals surface area contributed by atoms with Crippen molar-refractivity contribution < 1.29 is 5.11 Å². The molecule has 1 fully saturated rings. The number of hydrogen-bond donors (Lipinski definition) is 2. The van der Waals surface area contributed by atoms with Gasteiger partial charge in [-0.1, -0.05) is 16.3 Å². The van der Waals surface area contributed by atoms with Gasteiger partial charge in [0.05, 0.1) is 18.5 Å². The first kappa shape index (κ1) is 20.0. The van der Waals surface area contributed by atoms with Crippen LogP contribution in [0, 0.1) is 0 Å². The summed E-state index contributed by atoms with van der Waals surface area (Å²) >= 11 is 0. The highest BCUT2D eigenvalue weighted by molar-refractivity contribution is 7.13. The Hall–Kier alpha value is -2.28. The summed E-state index contributed by atoms with van der Waals surface area (Å²) in [6.45, 7) is 8.30. The molecule has 1 saturated heterocycles. The molecule has 0 spiro atoms. The molecule has 0 bridgehead atoms. The van der Waals surface area contributed by atoms with Gasteiger partial charge in [-0.15, -0.1) is 0 Å². The SMILES string of the molecule is CCC(C)n1c(CO)cc2cnc(Nc3ccc(N4CCN(P)CC4)cn3)nc21. The molecule has 29 heavy (non-hydrogen) atoms. The first-order valence-electron chi connectivity index (χ1n) is 10.0. The van der Waals surface area contributed by atoms with Crippen LogP contribution in [0.15, 0.2) is 30.6 Å². The fraction of sp³-hybridized carbons (Fsp3) is 0.450. The van der Waals surface area contributed by atoms with E-state index >= 15 is 0 Å². The molecule has 9 heteroatoms. The van der Waals surface area contributed by atoms with Crippen molar-refractivity contribution in [2.24, 2.45) is 0 Å². The van der Waals surface area contributed by atoms with Crippen molar-refractivity contribution in [1.29, 1.82) is 0 Å². The maximum Gasteiger partial charge on any atom is 0.230 e. The van der Waals surface area contributed by atoms with E-state index in [0.29, 0.717) is 11.8 Å². The van der Waals surface area contributed by atoms with Crippen LogP contribution in [0.25, 0.3) is 11.0 Å². The predicted octanol–water partition coefficient (Wildman–Crippen LogP) is 2.95. The fourth-order valence-electron chi connectivity index (χ4n) is 3.66. The van der Waals surface area contributed by atoms with Gasteiger partial charge in [0.2, 0.25) is 5.95 Å². The Bertz CT molecular complexity index is 967. The summed E-state index contributed by atoms with van der Waals surface area (Å²) < 4.78 is 4.34. The summed E-state index contributed by atoms with van der Waals surface area (Å²) in [5, 5.41) is 13.8. The Labute approximate surface area is 173 Å². The van der Waals surface area contributed by atoms with Gasteiger partial charge in [-0.3, -0.25) is 4.67 Å². The van der Waals surface area contributed by atoms with Crippen molar-refractivity contribution >= 4 is 37.9 Å². The minimum atomic E-state index is -0.0164. The molecule has 2 unspecified atom stereocenters. The first-order valence-corrected chi connectivity index (χ1v) is 10.6. The van der Waals surface area contributed by atoms with Crippen molar-refractivity contribution in [2.45, 2.75) is 32.9 Å². The van der Waals surface area contributed by atoms with Crippen LogP contribution in [0.4, 0.5) is 17.5 Å². The highest BCUT2D eigenvalue weighted by atomic mass is 31.0. The quantitative estimate of drug-likeness (QED) is 0.601. The summed E-state index contributed by atoms with van der Waals surface area (Å²) in [6, 6.07) is 6.24. The molecule has 4 rings (SSSR count). The number of rotatable bonds is 6. The highest BCUT2D eigenvalue weighted by Gasteiger charge is 2.16. The molecule has 2 N–H and O–H groups in total. The van der Waals surface area contributed by atoms with E-state index in [2.05, 4.69) is 58.7 Å². The van der Waals surface area contributed by atoms with Crippen LogP contribution in [-0.2, 0) is 6.61 Å². The van der Waals surface area contributed by atoms with Gasteiger partial charge in [0.1, 0.15) is 11.5 Å². The maximum atomic E-state index is 9.71. The normalized spacial score (nSPS) is 16.3. The molecule has 1 aliphatic rings. The molecule has 3 aromatic rings. The predicted molar refractivity (Wildman–Crippen MR) is 119 cm³/mol. The van der Waals surface area contributed by atoms with Crippen LogP contribution < -0.4 is 10.2 Å². The van der Waals surface area contributed by atoms with Crippen LogP contribution in [0.1, 0.15) is 32.0 Å². The lowest BCUT2D eigenvalue weighted by Crippen LogP contribution is -2.42. The first-order chi connectivity index (χ1) is 14.1. The number of anilines is 3. The summed E-state index contributed by atoms with van der Waals surface area (Å²) in [6.07, 6.45) is 4.64. The van der Waals surface area contributed by atoms with Crippen molar-refractivity contribution in [1.82, 2.24) is 24.2 Å². The van der Waals surface area contributed by atoms with E-state index < -0.39 is 0 Å². The van der Waals surface area contributed by atoms with Crippen LogP contribution in [0.3, 0.4) is 0 Å². The molecule has 154 valence electrons. The zero-order chi connectivity index (χ0) is 20.4. The topological polar surface area (TPSA) is 82.3 Å². The van der Waals surface area contributed by atoms with Gasteiger partial charge >= 0.3 is 0 Å². The van der Waals surface area contributed by atoms with Gasteiger partial charge in [-0.2, -0.15) is 4.98 Å². The summed E-state index contributed by atoms with van der Waals surface area (Å²) in [5.74, 6) is 1.21. The number of piperazine rings is 1. The van der Waals surface area contributed by atoms with Crippen molar-refractivity contribution in [3.63, 3.8) is 0 Å². The van der Waals surface area contributed by atoms with E-state index in [0.717, 1.165) is 55.0 Å².